The van der Waals surface area contributed by atoms with E-state index >= 15 is 0 Å². The summed E-state index contributed by atoms with van der Waals surface area (Å²) in [6, 6.07) is 7.07. The van der Waals surface area contributed by atoms with Crippen LogP contribution in [0.2, 0.25) is 0 Å². The molecule has 1 aromatic rings. The van der Waals surface area contributed by atoms with Crippen molar-refractivity contribution in [2.24, 2.45) is 11.7 Å². The van der Waals surface area contributed by atoms with Crippen LogP contribution in [0, 0.1) is 5.92 Å². The van der Waals surface area contributed by atoms with Gasteiger partial charge < -0.3 is 15.7 Å². The van der Waals surface area contributed by atoms with E-state index in [0.717, 1.165) is 18.4 Å². The summed E-state index contributed by atoms with van der Waals surface area (Å²) in [7, 11) is 0. The van der Waals surface area contributed by atoms with Crippen LogP contribution in [0.15, 0.2) is 24.3 Å². The van der Waals surface area contributed by atoms with E-state index in [1.807, 2.05) is 4.90 Å². The Morgan fingerprint density at radius 2 is 1.79 bits per heavy atom. The molecular weight excluding hydrogens is 260 g/mol. The number of likely N-dealkylation sites (tertiary alicyclic amines) is 1. The van der Waals surface area contributed by atoms with Crippen LogP contribution in [0.5, 0.6) is 0 Å². The van der Waals surface area contributed by atoms with Gasteiger partial charge >= 0.3 is 0 Å². The van der Waals surface area contributed by atoms with Crippen molar-refractivity contribution < 1.29 is 9.90 Å². The van der Waals surface area contributed by atoms with Crippen LogP contribution in [-0.2, 0) is 0 Å². The number of rotatable bonds is 3. The van der Waals surface area contributed by atoms with Gasteiger partial charge in [-0.05, 0) is 30.9 Å². The monoisotopic (exact) mass is 278 g/mol. The highest BCUT2D eigenvalue weighted by Gasteiger charge is 2.23. The second kappa shape index (κ2) is 6.12. The third-order valence-corrected chi connectivity index (χ3v) is 3.81. The fourth-order valence-corrected chi connectivity index (χ4v) is 2.41. The number of aliphatic hydroxyl groups is 1. The summed E-state index contributed by atoms with van der Waals surface area (Å²) in [4.78, 5) is 14.4. The molecule has 0 radical (unpaired) electrons. The number of hydrogen-bond donors (Lipinski definition) is 2. The van der Waals surface area contributed by atoms with Gasteiger partial charge in [0.1, 0.15) is 4.99 Å². The third kappa shape index (κ3) is 3.30. The maximum Gasteiger partial charge on any atom is 0.253 e. The summed E-state index contributed by atoms with van der Waals surface area (Å²) in [5.41, 5.74) is 6.95. The lowest BCUT2D eigenvalue weighted by Gasteiger charge is -2.31. The first-order valence-corrected chi connectivity index (χ1v) is 6.82. The Hall–Kier alpha value is -1.46. The molecule has 3 N–H and O–H groups in total. The third-order valence-electron chi connectivity index (χ3n) is 3.58. The molecule has 0 atom stereocenters. The van der Waals surface area contributed by atoms with E-state index in [2.05, 4.69) is 0 Å². The minimum absolute atomic E-state index is 0.0332. The van der Waals surface area contributed by atoms with E-state index in [0.29, 0.717) is 29.6 Å². The predicted molar refractivity (Wildman–Crippen MR) is 78.0 cm³/mol. The van der Waals surface area contributed by atoms with E-state index < -0.39 is 0 Å². The summed E-state index contributed by atoms with van der Waals surface area (Å²) in [6.07, 6.45) is 1.74. The molecule has 0 aliphatic carbocycles. The minimum Gasteiger partial charge on any atom is -0.396 e. The van der Waals surface area contributed by atoms with E-state index in [4.69, 9.17) is 23.1 Å². The first kappa shape index (κ1) is 14.0. The standard InChI is InChI=1S/C14H18N2O2S/c15-13(19)11-1-3-12(4-2-11)14(18)16-7-5-10(9-17)6-8-16/h1-4,10,17H,5-9H2,(H2,15,19). The zero-order valence-electron chi connectivity index (χ0n) is 10.7. The van der Waals surface area contributed by atoms with Gasteiger partial charge in [-0.2, -0.15) is 0 Å². The molecule has 1 aliphatic rings. The molecule has 0 unspecified atom stereocenters. The average molecular weight is 278 g/mol. The largest absolute Gasteiger partial charge is 0.396 e. The van der Waals surface area contributed by atoms with Crippen LogP contribution < -0.4 is 5.73 Å². The number of thiocarbonyl (C=S) groups is 1. The highest BCUT2D eigenvalue weighted by Crippen LogP contribution is 2.18. The molecule has 1 heterocycles. The molecule has 102 valence electrons. The van der Waals surface area contributed by atoms with Gasteiger partial charge in [0.25, 0.3) is 5.91 Å². The van der Waals surface area contributed by atoms with Crippen molar-refractivity contribution >= 4 is 23.1 Å². The Labute approximate surface area is 118 Å². The van der Waals surface area contributed by atoms with Gasteiger partial charge in [-0.3, -0.25) is 4.79 Å². The van der Waals surface area contributed by atoms with Crippen molar-refractivity contribution in [3.05, 3.63) is 35.4 Å². The number of amides is 1. The van der Waals surface area contributed by atoms with Gasteiger partial charge in [-0.15, -0.1) is 0 Å². The summed E-state index contributed by atoms with van der Waals surface area (Å²) in [5, 5.41) is 9.09. The van der Waals surface area contributed by atoms with Crippen LogP contribution in [0.1, 0.15) is 28.8 Å². The Morgan fingerprint density at radius 1 is 1.26 bits per heavy atom. The zero-order chi connectivity index (χ0) is 13.8. The van der Waals surface area contributed by atoms with Crippen LogP contribution in [-0.4, -0.2) is 40.6 Å². The highest BCUT2D eigenvalue weighted by molar-refractivity contribution is 7.80. The number of hydrogen-bond acceptors (Lipinski definition) is 3. The van der Waals surface area contributed by atoms with Crippen molar-refractivity contribution in [2.45, 2.75) is 12.8 Å². The number of nitrogens with two attached hydrogens (primary N) is 1. The molecule has 0 bridgehead atoms. The van der Waals surface area contributed by atoms with Gasteiger partial charge in [0, 0.05) is 30.8 Å². The SMILES string of the molecule is NC(=S)c1ccc(C(=O)N2CCC(CO)CC2)cc1. The van der Waals surface area contributed by atoms with Gasteiger partial charge in [0.2, 0.25) is 0 Å². The molecule has 0 aromatic heterocycles. The molecule has 5 heteroatoms. The Balaban J connectivity index is 2.02. The van der Waals surface area contributed by atoms with E-state index in [9.17, 15) is 4.79 Å². The lowest BCUT2D eigenvalue weighted by Crippen LogP contribution is -2.39. The molecule has 1 saturated heterocycles. The molecule has 1 aromatic carbocycles. The second-order valence-corrected chi connectivity index (χ2v) is 5.30. The van der Waals surface area contributed by atoms with Gasteiger partial charge in [-0.25, -0.2) is 0 Å². The summed E-state index contributed by atoms with van der Waals surface area (Å²) < 4.78 is 0. The van der Waals surface area contributed by atoms with Gasteiger partial charge in [0.15, 0.2) is 0 Å². The summed E-state index contributed by atoms with van der Waals surface area (Å²) in [5.74, 6) is 0.368. The Bertz CT molecular complexity index is 465. The van der Waals surface area contributed by atoms with Crippen molar-refractivity contribution in [2.75, 3.05) is 19.7 Å². The van der Waals surface area contributed by atoms with Gasteiger partial charge in [0.05, 0.1) is 0 Å². The molecule has 0 spiro atoms. The second-order valence-electron chi connectivity index (χ2n) is 4.86. The number of carbonyl (C=O) groups excluding carboxylic acids is 1. The Kier molecular flexibility index (Phi) is 4.50. The fourth-order valence-electron chi connectivity index (χ4n) is 2.28. The number of aliphatic hydroxyl groups excluding tert-OH is 1. The first-order valence-electron chi connectivity index (χ1n) is 6.42. The summed E-state index contributed by atoms with van der Waals surface area (Å²) in [6.45, 7) is 1.63. The normalized spacial score (nSPS) is 16.4. The molecule has 4 nitrogen and oxygen atoms in total. The lowest BCUT2D eigenvalue weighted by molar-refractivity contribution is 0.0651. The number of benzene rings is 1. The van der Waals surface area contributed by atoms with E-state index in [1.165, 1.54) is 0 Å². The van der Waals surface area contributed by atoms with Gasteiger partial charge in [-0.1, -0.05) is 24.4 Å². The quantitative estimate of drug-likeness (QED) is 0.814. The van der Waals surface area contributed by atoms with Crippen molar-refractivity contribution in [3.63, 3.8) is 0 Å². The average Bonchev–Trinajstić information content (AvgIpc) is 2.46. The maximum atomic E-state index is 12.3. The number of nitrogens with zero attached hydrogens (tertiary/aromatic N) is 1. The minimum atomic E-state index is 0.0332. The molecular formula is C14H18N2O2S. The molecule has 0 saturated carbocycles. The summed E-state index contributed by atoms with van der Waals surface area (Å²) >= 11 is 4.88. The molecule has 1 fully saturated rings. The van der Waals surface area contributed by atoms with Crippen molar-refractivity contribution in [1.82, 2.24) is 4.90 Å². The Morgan fingerprint density at radius 3 is 2.26 bits per heavy atom. The van der Waals surface area contributed by atoms with Crippen LogP contribution in [0.4, 0.5) is 0 Å². The smallest absolute Gasteiger partial charge is 0.253 e. The van der Waals surface area contributed by atoms with Crippen LogP contribution in [0.3, 0.4) is 0 Å². The first-order chi connectivity index (χ1) is 9.11. The van der Waals surface area contributed by atoms with Crippen LogP contribution in [0.25, 0.3) is 0 Å². The number of piperidine rings is 1. The van der Waals surface area contributed by atoms with Crippen molar-refractivity contribution in [1.29, 1.82) is 0 Å². The van der Waals surface area contributed by atoms with E-state index in [1.54, 1.807) is 24.3 Å². The zero-order valence-corrected chi connectivity index (χ0v) is 11.5. The predicted octanol–water partition coefficient (Wildman–Crippen LogP) is 1.17. The number of carbonyl (C=O) groups is 1. The molecule has 1 amide bonds. The lowest BCUT2D eigenvalue weighted by atomic mass is 9.97. The highest BCUT2D eigenvalue weighted by atomic mass is 32.1. The van der Waals surface area contributed by atoms with E-state index in [-0.39, 0.29) is 12.5 Å². The topological polar surface area (TPSA) is 66.6 Å². The maximum absolute atomic E-state index is 12.3. The molecule has 19 heavy (non-hydrogen) atoms. The van der Waals surface area contributed by atoms with Crippen LogP contribution >= 0.6 is 12.2 Å². The molecule has 1 aliphatic heterocycles. The van der Waals surface area contributed by atoms with Crippen molar-refractivity contribution in [3.8, 4) is 0 Å². The fraction of sp³-hybridized carbons (Fsp3) is 0.429. The molecule has 2 rings (SSSR count).